The lowest BCUT2D eigenvalue weighted by Gasteiger charge is -2.05. The van der Waals surface area contributed by atoms with Gasteiger partial charge in [-0.15, -0.1) is 0 Å². The van der Waals surface area contributed by atoms with Crippen molar-refractivity contribution in [2.75, 3.05) is 5.32 Å². The number of hydrogen-bond acceptors (Lipinski definition) is 4. The number of benzene rings is 1. The Labute approximate surface area is 122 Å². The monoisotopic (exact) mass is 306 g/mol. The number of carbonyl (C=O) groups excluding carboxylic acids is 1. The summed E-state index contributed by atoms with van der Waals surface area (Å²) in [5.74, 6) is -0.223. The van der Waals surface area contributed by atoms with E-state index in [2.05, 4.69) is 20.2 Å². The van der Waals surface area contributed by atoms with E-state index >= 15 is 0 Å². The zero-order chi connectivity index (χ0) is 15.3. The zero-order valence-corrected chi connectivity index (χ0v) is 12.0. The average molecular weight is 306 g/mol. The van der Waals surface area contributed by atoms with Gasteiger partial charge in [-0.1, -0.05) is 0 Å². The first-order valence-corrected chi connectivity index (χ1v) is 7.51. The number of anilines is 1. The second kappa shape index (κ2) is 6.23. The summed E-state index contributed by atoms with van der Waals surface area (Å²) >= 11 is 0. The maximum absolute atomic E-state index is 12.0. The van der Waals surface area contributed by atoms with Gasteiger partial charge in [-0.2, -0.15) is 13.5 Å². The molecule has 0 saturated heterocycles. The molecule has 0 aliphatic rings. The molecule has 2 aromatic rings. The van der Waals surface area contributed by atoms with Gasteiger partial charge in [0.2, 0.25) is 5.91 Å². The van der Waals surface area contributed by atoms with Gasteiger partial charge in [0.25, 0.3) is 10.0 Å². The molecule has 0 radical (unpaired) electrons. The average Bonchev–Trinajstić information content (AvgIpc) is 2.91. The molecule has 110 valence electrons. The quantitative estimate of drug-likeness (QED) is 0.572. The highest BCUT2D eigenvalue weighted by Gasteiger charge is 2.12. The van der Waals surface area contributed by atoms with E-state index in [1.165, 1.54) is 37.4 Å². The molecule has 1 aromatic carbocycles. The van der Waals surface area contributed by atoms with E-state index in [-0.39, 0.29) is 10.8 Å². The van der Waals surface area contributed by atoms with E-state index in [1.807, 2.05) is 0 Å². The molecule has 1 aromatic heterocycles. The number of nitrogens with zero attached hydrogens (tertiary/aromatic N) is 1. The number of nitrogens with one attached hydrogen (secondary N) is 3. The molecule has 0 aliphatic heterocycles. The van der Waals surface area contributed by atoms with Gasteiger partial charge in [0.1, 0.15) is 0 Å². The molecule has 1 heterocycles. The van der Waals surface area contributed by atoms with E-state index in [0.29, 0.717) is 11.4 Å². The van der Waals surface area contributed by atoms with Crippen LogP contribution < -0.4 is 10.1 Å². The van der Waals surface area contributed by atoms with Crippen molar-refractivity contribution in [1.82, 2.24) is 9.82 Å². The van der Waals surface area contributed by atoms with E-state index in [0.717, 1.165) is 0 Å². The minimum absolute atomic E-state index is 0.0558. The van der Waals surface area contributed by atoms with Gasteiger partial charge in [-0.25, -0.2) is 4.83 Å². The van der Waals surface area contributed by atoms with Crippen LogP contribution >= 0.6 is 0 Å². The fourth-order valence-electron chi connectivity index (χ4n) is 1.56. The molecule has 0 bridgehead atoms. The summed E-state index contributed by atoms with van der Waals surface area (Å²) in [7, 11) is -3.73. The third kappa shape index (κ3) is 4.18. The number of sulfonamides is 1. The zero-order valence-electron chi connectivity index (χ0n) is 11.2. The van der Waals surface area contributed by atoms with Gasteiger partial charge in [0, 0.05) is 18.8 Å². The molecule has 0 fully saturated rings. The molecule has 0 saturated carbocycles. The van der Waals surface area contributed by atoms with Crippen molar-refractivity contribution in [1.29, 1.82) is 0 Å². The van der Waals surface area contributed by atoms with Gasteiger partial charge >= 0.3 is 0 Å². The lowest BCUT2D eigenvalue weighted by molar-refractivity contribution is -0.114. The lowest BCUT2D eigenvalue weighted by Crippen LogP contribution is -2.18. The number of hydrogen-bond donors (Lipinski definition) is 3. The van der Waals surface area contributed by atoms with Crippen molar-refractivity contribution >= 4 is 27.8 Å². The first-order valence-electron chi connectivity index (χ1n) is 6.03. The Kier molecular flexibility index (Phi) is 4.39. The third-order valence-electron chi connectivity index (χ3n) is 2.48. The van der Waals surface area contributed by atoms with Gasteiger partial charge in [0.05, 0.1) is 16.8 Å². The highest BCUT2D eigenvalue weighted by molar-refractivity contribution is 7.89. The van der Waals surface area contributed by atoms with Crippen LogP contribution in [0.15, 0.2) is 52.6 Å². The van der Waals surface area contributed by atoms with Crippen LogP contribution in [0, 0.1) is 0 Å². The summed E-state index contributed by atoms with van der Waals surface area (Å²) in [6.07, 6.45) is 3.07. The Hall–Kier alpha value is -2.61. The topological polar surface area (TPSA) is 103 Å². The predicted octanol–water partition coefficient (Wildman–Crippen LogP) is 1.29. The molecule has 0 unspecified atom stereocenters. The molecular formula is C13H14N4O3S. The van der Waals surface area contributed by atoms with E-state index in [4.69, 9.17) is 0 Å². The second-order valence-corrected chi connectivity index (χ2v) is 5.84. The Morgan fingerprint density at radius 2 is 1.95 bits per heavy atom. The second-order valence-electron chi connectivity index (χ2n) is 4.18. The molecule has 7 nitrogen and oxygen atoms in total. The van der Waals surface area contributed by atoms with Crippen LogP contribution in [0.3, 0.4) is 0 Å². The number of hydrazone groups is 1. The highest BCUT2D eigenvalue weighted by atomic mass is 32.2. The number of aromatic nitrogens is 1. The lowest BCUT2D eigenvalue weighted by atomic mass is 10.3. The number of carbonyl (C=O) groups is 1. The SMILES string of the molecule is CC(=O)Nc1ccc(S(=O)(=O)N/N=C/c2ccc[nH]2)cc1. The van der Waals surface area contributed by atoms with E-state index in [9.17, 15) is 13.2 Å². The summed E-state index contributed by atoms with van der Waals surface area (Å²) in [5.41, 5.74) is 1.20. The molecule has 2 rings (SSSR count). The van der Waals surface area contributed by atoms with E-state index < -0.39 is 10.0 Å². The summed E-state index contributed by atoms with van der Waals surface area (Å²) in [6, 6.07) is 9.31. The molecule has 21 heavy (non-hydrogen) atoms. The largest absolute Gasteiger partial charge is 0.360 e. The Bertz CT molecular complexity index is 734. The van der Waals surface area contributed by atoms with Crippen LogP contribution in [-0.4, -0.2) is 25.5 Å². The van der Waals surface area contributed by atoms with Crippen molar-refractivity contribution in [3.63, 3.8) is 0 Å². The van der Waals surface area contributed by atoms with Crippen LogP contribution in [0.1, 0.15) is 12.6 Å². The number of rotatable bonds is 5. The van der Waals surface area contributed by atoms with Crippen LogP contribution in [-0.2, 0) is 14.8 Å². The standard InChI is InChI=1S/C13H14N4O3S/c1-10(18)16-11-4-6-13(7-5-11)21(19,20)17-15-9-12-3-2-8-14-12/h2-9,14,17H,1H3,(H,16,18)/b15-9+. The maximum atomic E-state index is 12.0. The van der Waals surface area contributed by atoms with Gasteiger partial charge in [-0.3, -0.25) is 4.79 Å². The highest BCUT2D eigenvalue weighted by Crippen LogP contribution is 2.13. The molecule has 3 N–H and O–H groups in total. The first kappa shape index (κ1) is 14.8. The molecule has 0 aliphatic carbocycles. The fourth-order valence-corrected chi connectivity index (χ4v) is 2.35. The van der Waals surface area contributed by atoms with Crippen molar-refractivity contribution in [3.8, 4) is 0 Å². The number of aromatic amines is 1. The number of amides is 1. The normalized spacial score (nSPS) is 11.5. The molecule has 8 heteroatoms. The third-order valence-corrected chi connectivity index (χ3v) is 3.72. The smallest absolute Gasteiger partial charge is 0.276 e. The molecule has 0 atom stereocenters. The van der Waals surface area contributed by atoms with Crippen LogP contribution in [0.25, 0.3) is 0 Å². The summed E-state index contributed by atoms with van der Waals surface area (Å²) in [6.45, 7) is 1.38. The Balaban J connectivity index is 2.07. The van der Waals surface area contributed by atoms with E-state index in [1.54, 1.807) is 18.3 Å². The first-order chi connectivity index (χ1) is 9.97. The fraction of sp³-hybridized carbons (Fsp3) is 0.0769. The molecular weight excluding hydrogens is 292 g/mol. The van der Waals surface area contributed by atoms with Crippen LogP contribution in [0.4, 0.5) is 5.69 Å². The maximum Gasteiger partial charge on any atom is 0.276 e. The number of H-pyrrole nitrogens is 1. The van der Waals surface area contributed by atoms with Gasteiger partial charge in [-0.05, 0) is 36.4 Å². The molecule has 0 spiro atoms. The van der Waals surface area contributed by atoms with Gasteiger partial charge < -0.3 is 10.3 Å². The summed E-state index contributed by atoms with van der Waals surface area (Å²) in [5, 5.41) is 6.23. The van der Waals surface area contributed by atoms with Crippen LogP contribution in [0.2, 0.25) is 0 Å². The predicted molar refractivity (Wildman–Crippen MR) is 79.5 cm³/mol. The molecule has 1 amide bonds. The minimum Gasteiger partial charge on any atom is -0.360 e. The Morgan fingerprint density at radius 1 is 1.24 bits per heavy atom. The summed E-state index contributed by atoms with van der Waals surface area (Å²) < 4.78 is 23.9. The minimum atomic E-state index is -3.73. The van der Waals surface area contributed by atoms with Crippen molar-refractivity contribution in [2.45, 2.75) is 11.8 Å². The van der Waals surface area contributed by atoms with Gasteiger partial charge in [0.15, 0.2) is 0 Å². The Morgan fingerprint density at radius 3 is 2.52 bits per heavy atom. The van der Waals surface area contributed by atoms with Crippen LogP contribution in [0.5, 0.6) is 0 Å². The van der Waals surface area contributed by atoms with Crippen molar-refractivity contribution in [3.05, 3.63) is 48.3 Å². The van der Waals surface area contributed by atoms with Crippen molar-refractivity contribution < 1.29 is 13.2 Å². The summed E-state index contributed by atoms with van der Waals surface area (Å²) in [4.78, 5) is 15.9. The van der Waals surface area contributed by atoms with Crippen molar-refractivity contribution in [2.24, 2.45) is 5.10 Å².